The molecule has 0 saturated carbocycles. The van der Waals surface area contributed by atoms with Gasteiger partial charge < -0.3 is 34.9 Å². The second-order valence-electron chi connectivity index (χ2n) is 6.48. The lowest BCUT2D eigenvalue weighted by Gasteiger charge is -2.27. The number of carbonyl (C=O) groups excluding carboxylic acids is 1. The summed E-state index contributed by atoms with van der Waals surface area (Å²) in [7, 11) is 1.64. The van der Waals surface area contributed by atoms with Crippen molar-refractivity contribution >= 4 is 6.03 Å². The van der Waals surface area contributed by atoms with Gasteiger partial charge in [0, 0.05) is 26.2 Å². The normalized spacial score (nSPS) is 25.9. The molecule has 144 valence electrons. The van der Waals surface area contributed by atoms with Crippen molar-refractivity contribution in [2.24, 2.45) is 0 Å². The van der Waals surface area contributed by atoms with Crippen molar-refractivity contribution in [3.8, 4) is 5.75 Å². The standard InChI is InChI=1S/C18H27N3O5/c1-24-14-4-2-13(3-5-14)10-19-15-12-26-16(17(15)22)11-20-18(23)21-6-8-25-9-7-21/h2-5,15-17,19,22H,6-12H2,1H3,(H,20,23). The van der Waals surface area contributed by atoms with Crippen LogP contribution in [0, 0.1) is 0 Å². The summed E-state index contributed by atoms with van der Waals surface area (Å²) in [6.07, 6.45) is -1.08. The minimum atomic E-state index is -0.668. The number of amides is 2. The molecule has 0 radical (unpaired) electrons. The molecule has 3 N–H and O–H groups in total. The molecule has 0 bridgehead atoms. The first-order valence-corrected chi connectivity index (χ1v) is 8.94. The van der Waals surface area contributed by atoms with E-state index in [-0.39, 0.29) is 18.6 Å². The average Bonchev–Trinajstić information content (AvgIpc) is 3.05. The summed E-state index contributed by atoms with van der Waals surface area (Å²) in [5.41, 5.74) is 1.10. The predicted molar refractivity (Wildman–Crippen MR) is 95.2 cm³/mol. The highest BCUT2D eigenvalue weighted by Crippen LogP contribution is 2.16. The van der Waals surface area contributed by atoms with Gasteiger partial charge in [-0.05, 0) is 17.7 Å². The van der Waals surface area contributed by atoms with E-state index in [0.717, 1.165) is 11.3 Å². The highest BCUT2D eigenvalue weighted by atomic mass is 16.5. The summed E-state index contributed by atoms with van der Waals surface area (Å²) in [5, 5.41) is 16.6. The molecule has 2 amide bonds. The third kappa shape index (κ3) is 4.85. The molecule has 2 saturated heterocycles. The van der Waals surface area contributed by atoms with Gasteiger partial charge in [-0.1, -0.05) is 12.1 Å². The number of hydrogen-bond donors (Lipinski definition) is 3. The van der Waals surface area contributed by atoms with E-state index in [2.05, 4.69) is 10.6 Å². The minimum Gasteiger partial charge on any atom is -0.497 e. The van der Waals surface area contributed by atoms with Gasteiger partial charge in [-0.15, -0.1) is 0 Å². The SMILES string of the molecule is COc1ccc(CNC2COC(CNC(=O)N3CCOCC3)C2O)cc1. The van der Waals surface area contributed by atoms with Crippen LogP contribution in [0.15, 0.2) is 24.3 Å². The third-order valence-corrected chi connectivity index (χ3v) is 4.76. The Kier molecular flexibility index (Phi) is 6.67. The molecule has 2 aliphatic heterocycles. The maximum absolute atomic E-state index is 12.1. The van der Waals surface area contributed by atoms with Gasteiger partial charge >= 0.3 is 6.03 Å². The van der Waals surface area contributed by atoms with Crippen LogP contribution in [0.25, 0.3) is 0 Å². The molecule has 8 nitrogen and oxygen atoms in total. The van der Waals surface area contributed by atoms with Gasteiger partial charge in [0.25, 0.3) is 0 Å². The molecule has 2 heterocycles. The van der Waals surface area contributed by atoms with Crippen molar-refractivity contribution in [3.05, 3.63) is 29.8 Å². The number of nitrogens with zero attached hydrogens (tertiary/aromatic N) is 1. The fourth-order valence-electron chi connectivity index (χ4n) is 3.10. The molecule has 0 aliphatic carbocycles. The summed E-state index contributed by atoms with van der Waals surface area (Å²) in [4.78, 5) is 13.8. The zero-order chi connectivity index (χ0) is 18.4. The predicted octanol–water partition coefficient (Wildman–Crippen LogP) is -0.0451. The van der Waals surface area contributed by atoms with Crippen LogP contribution in [0.3, 0.4) is 0 Å². The molecule has 26 heavy (non-hydrogen) atoms. The summed E-state index contributed by atoms with van der Waals surface area (Å²) in [6.45, 7) is 3.63. The monoisotopic (exact) mass is 365 g/mol. The Morgan fingerprint density at radius 3 is 2.73 bits per heavy atom. The van der Waals surface area contributed by atoms with Crippen LogP contribution in [-0.2, 0) is 16.0 Å². The number of rotatable bonds is 6. The van der Waals surface area contributed by atoms with E-state index in [1.165, 1.54) is 0 Å². The van der Waals surface area contributed by atoms with Gasteiger partial charge in [0.05, 0.1) is 39.1 Å². The Bertz CT molecular complexity index is 577. The largest absolute Gasteiger partial charge is 0.497 e. The number of morpholine rings is 1. The van der Waals surface area contributed by atoms with Gasteiger partial charge in [0.2, 0.25) is 0 Å². The molecule has 3 atom stereocenters. The Morgan fingerprint density at radius 1 is 1.31 bits per heavy atom. The van der Waals surface area contributed by atoms with Crippen molar-refractivity contribution in [2.75, 3.05) is 46.6 Å². The summed E-state index contributed by atoms with van der Waals surface area (Å²) < 4.78 is 16.0. The van der Waals surface area contributed by atoms with E-state index in [9.17, 15) is 9.90 Å². The highest BCUT2D eigenvalue weighted by Gasteiger charge is 2.35. The highest BCUT2D eigenvalue weighted by molar-refractivity contribution is 5.74. The van der Waals surface area contributed by atoms with Crippen LogP contribution < -0.4 is 15.4 Å². The fraction of sp³-hybridized carbons (Fsp3) is 0.611. The molecule has 1 aromatic carbocycles. The topological polar surface area (TPSA) is 92.3 Å². The van der Waals surface area contributed by atoms with E-state index < -0.39 is 12.2 Å². The Hall–Kier alpha value is -1.87. The van der Waals surface area contributed by atoms with Crippen molar-refractivity contribution in [1.82, 2.24) is 15.5 Å². The van der Waals surface area contributed by atoms with Crippen molar-refractivity contribution < 1.29 is 24.1 Å². The van der Waals surface area contributed by atoms with E-state index in [0.29, 0.717) is 39.5 Å². The van der Waals surface area contributed by atoms with E-state index in [4.69, 9.17) is 14.2 Å². The number of benzene rings is 1. The molecular formula is C18H27N3O5. The molecule has 3 rings (SSSR count). The van der Waals surface area contributed by atoms with Crippen LogP contribution in [0.5, 0.6) is 5.75 Å². The Morgan fingerprint density at radius 2 is 2.04 bits per heavy atom. The number of carbonyl (C=O) groups is 1. The van der Waals surface area contributed by atoms with Crippen molar-refractivity contribution in [1.29, 1.82) is 0 Å². The quantitative estimate of drug-likeness (QED) is 0.655. The van der Waals surface area contributed by atoms with Crippen LogP contribution in [-0.4, -0.2) is 80.9 Å². The molecule has 0 aromatic heterocycles. The first-order chi connectivity index (χ1) is 12.7. The lowest BCUT2D eigenvalue weighted by atomic mass is 10.1. The van der Waals surface area contributed by atoms with Gasteiger partial charge in [0.15, 0.2) is 0 Å². The maximum Gasteiger partial charge on any atom is 0.317 e. The number of urea groups is 1. The van der Waals surface area contributed by atoms with E-state index in [1.807, 2.05) is 24.3 Å². The molecule has 1 aromatic rings. The second kappa shape index (κ2) is 9.18. The second-order valence-corrected chi connectivity index (χ2v) is 6.48. The number of methoxy groups -OCH3 is 1. The molecule has 2 fully saturated rings. The zero-order valence-electron chi connectivity index (χ0n) is 15.0. The minimum absolute atomic E-state index is 0.140. The Labute approximate surface area is 153 Å². The molecule has 0 spiro atoms. The Balaban J connectivity index is 1.40. The fourth-order valence-corrected chi connectivity index (χ4v) is 3.10. The van der Waals surface area contributed by atoms with Crippen molar-refractivity contribution in [3.63, 3.8) is 0 Å². The zero-order valence-corrected chi connectivity index (χ0v) is 15.0. The smallest absolute Gasteiger partial charge is 0.317 e. The average molecular weight is 365 g/mol. The molecule has 2 aliphatic rings. The van der Waals surface area contributed by atoms with Crippen LogP contribution in [0.2, 0.25) is 0 Å². The third-order valence-electron chi connectivity index (χ3n) is 4.76. The molecular weight excluding hydrogens is 338 g/mol. The van der Waals surface area contributed by atoms with Gasteiger partial charge in [-0.3, -0.25) is 0 Å². The van der Waals surface area contributed by atoms with E-state index in [1.54, 1.807) is 12.0 Å². The molecule has 3 unspecified atom stereocenters. The maximum atomic E-state index is 12.1. The van der Waals surface area contributed by atoms with Gasteiger partial charge in [-0.2, -0.15) is 0 Å². The number of nitrogens with one attached hydrogen (secondary N) is 2. The first-order valence-electron chi connectivity index (χ1n) is 8.94. The summed E-state index contributed by atoms with van der Waals surface area (Å²) >= 11 is 0. The first kappa shape index (κ1) is 18.9. The van der Waals surface area contributed by atoms with Crippen molar-refractivity contribution in [2.45, 2.75) is 24.8 Å². The summed E-state index contributed by atoms with van der Waals surface area (Å²) in [5.74, 6) is 0.814. The summed E-state index contributed by atoms with van der Waals surface area (Å²) in [6, 6.07) is 7.47. The van der Waals surface area contributed by atoms with Crippen LogP contribution >= 0.6 is 0 Å². The number of hydrogen-bond acceptors (Lipinski definition) is 6. The number of ether oxygens (including phenoxy) is 3. The lowest BCUT2D eigenvalue weighted by molar-refractivity contribution is 0.0360. The van der Waals surface area contributed by atoms with E-state index >= 15 is 0 Å². The van der Waals surface area contributed by atoms with Crippen LogP contribution in [0.1, 0.15) is 5.56 Å². The molecule has 8 heteroatoms. The van der Waals surface area contributed by atoms with Crippen LogP contribution in [0.4, 0.5) is 4.79 Å². The van der Waals surface area contributed by atoms with Gasteiger partial charge in [-0.25, -0.2) is 4.79 Å². The number of aliphatic hydroxyl groups excluding tert-OH is 1. The lowest BCUT2D eigenvalue weighted by Crippen LogP contribution is -2.50. The van der Waals surface area contributed by atoms with Gasteiger partial charge in [0.1, 0.15) is 11.9 Å². The number of aliphatic hydroxyl groups is 1.